The number of nitrogens with one attached hydrogen (secondary N) is 3. The first-order valence-electron chi connectivity index (χ1n) is 7.22. The molecule has 0 bridgehead atoms. The lowest BCUT2D eigenvalue weighted by Gasteiger charge is -2.18. The van der Waals surface area contributed by atoms with Crippen LogP contribution in [0.3, 0.4) is 0 Å². The van der Waals surface area contributed by atoms with Crippen molar-refractivity contribution in [2.75, 3.05) is 12.4 Å². The molecule has 1 aromatic rings. The number of nitrogens with zero attached hydrogens (tertiary/aromatic N) is 2. The molecule has 0 saturated heterocycles. The van der Waals surface area contributed by atoms with Crippen LogP contribution in [0.4, 0.5) is 10.6 Å². The number of amides is 3. The Balaban J connectivity index is 2.01. The van der Waals surface area contributed by atoms with Crippen LogP contribution >= 0.6 is 0 Å². The molecule has 22 heavy (non-hydrogen) atoms. The molecule has 0 spiro atoms. The van der Waals surface area contributed by atoms with Gasteiger partial charge < -0.3 is 10.6 Å². The summed E-state index contributed by atoms with van der Waals surface area (Å²) >= 11 is 0. The molecule has 0 unspecified atom stereocenters. The minimum absolute atomic E-state index is 0.00604. The van der Waals surface area contributed by atoms with E-state index in [1.165, 1.54) is 13.1 Å². The second-order valence-electron chi connectivity index (χ2n) is 6.84. The van der Waals surface area contributed by atoms with Crippen molar-refractivity contribution in [1.82, 2.24) is 20.8 Å². The summed E-state index contributed by atoms with van der Waals surface area (Å²) < 4.78 is 0. The van der Waals surface area contributed by atoms with Gasteiger partial charge >= 0.3 is 6.03 Å². The Morgan fingerprint density at radius 2 is 1.59 bits per heavy atom. The van der Waals surface area contributed by atoms with E-state index >= 15 is 0 Å². The van der Waals surface area contributed by atoms with Crippen LogP contribution in [-0.4, -0.2) is 34.7 Å². The highest BCUT2D eigenvalue weighted by Gasteiger charge is 2.75. The summed E-state index contributed by atoms with van der Waals surface area (Å²) in [5.41, 5.74) is -0.0811. The Morgan fingerprint density at radius 1 is 1.00 bits per heavy atom. The normalized spacial score (nSPS) is 19.9. The highest BCUT2D eigenvalue weighted by Crippen LogP contribution is 2.70. The Labute approximate surface area is 130 Å². The zero-order chi connectivity index (χ0) is 16.8. The van der Waals surface area contributed by atoms with Crippen LogP contribution in [0, 0.1) is 10.8 Å². The van der Waals surface area contributed by atoms with Gasteiger partial charge in [-0.05, 0) is 29.9 Å². The molecular weight excluding hydrogens is 282 g/mol. The Kier molecular flexibility index (Phi) is 3.63. The predicted octanol–water partition coefficient (Wildman–Crippen LogP) is 1.78. The molecule has 7 nitrogen and oxygen atoms in total. The van der Waals surface area contributed by atoms with Crippen LogP contribution in [0.5, 0.6) is 0 Å². The maximum absolute atomic E-state index is 12.1. The van der Waals surface area contributed by atoms with Gasteiger partial charge in [0.05, 0.1) is 5.54 Å². The van der Waals surface area contributed by atoms with E-state index in [9.17, 15) is 9.59 Å². The summed E-state index contributed by atoms with van der Waals surface area (Å²) in [5.74, 6) is -0.0255. The highest BCUT2D eigenvalue weighted by atomic mass is 16.2. The van der Waals surface area contributed by atoms with Crippen LogP contribution < -0.4 is 16.0 Å². The number of carbonyl (C=O) groups is 2. The zero-order valence-corrected chi connectivity index (χ0v) is 13.9. The number of rotatable bonds is 3. The molecule has 3 N–H and O–H groups in total. The van der Waals surface area contributed by atoms with Crippen molar-refractivity contribution in [3.05, 3.63) is 17.8 Å². The zero-order valence-electron chi connectivity index (χ0n) is 13.9. The van der Waals surface area contributed by atoms with Crippen molar-refractivity contribution < 1.29 is 9.59 Å². The maximum atomic E-state index is 12.1. The average Bonchev–Trinajstić information content (AvgIpc) is 2.75. The van der Waals surface area contributed by atoms with Crippen molar-refractivity contribution in [3.8, 4) is 0 Å². The summed E-state index contributed by atoms with van der Waals surface area (Å²) in [4.78, 5) is 23.5. The largest absolute Gasteiger partial charge is 0.354 e. The predicted molar refractivity (Wildman–Crippen MR) is 83.5 cm³/mol. The molecule has 1 saturated carbocycles. The summed E-state index contributed by atoms with van der Waals surface area (Å²) in [6.07, 6.45) is 0. The monoisotopic (exact) mass is 305 g/mol. The van der Waals surface area contributed by atoms with Crippen molar-refractivity contribution in [2.45, 2.75) is 40.2 Å². The fourth-order valence-corrected chi connectivity index (χ4v) is 2.93. The first-order chi connectivity index (χ1) is 10.1. The van der Waals surface area contributed by atoms with Crippen LogP contribution in [0.2, 0.25) is 0 Å². The molecule has 0 aliphatic heterocycles. The van der Waals surface area contributed by atoms with Crippen LogP contribution in [0.1, 0.15) is 45.1 Å². The maximum Gasteiger partial charge on any atom is 0.320 e. The lowest BCUT2D eigenvalue weighted by atomic mass is 10.0. The standard InChI is InChI=1S/C15H23N5O2/c1-13(2)14(3,4)15(13,5)18-12(22)17-10-8-7-9(19-20-10)11(21)16-6/h7-8H,1-6H3,(H,16,21)(H2,17,18,20,22). The molecule has 3 amide bonds. The smallest absolute Gasteiger partial charge is 0.320 e. The fourth-order valence-electron chi connectivity index (χ4n) is 2.93. The second-order valence-corrected chi connectivity index (χ2v) is 6.84. The molecule has 0 aromatic carbocycles. The van der Waals surface area contributed by atoms with Gasteiger partial charge in [0.1, 0.15) is 0 Å². The summed E-state index contributed by atoms with van der Waals surface area (Å²) in [6, 6.07) is 2.72. The number of hydrogen-bond donors (Lipinski definition) is 3. The number of anilines is 1. The third-order valence-electron chi connectivity index (χ3n) is 5.73. The second kappa shape index (κ2) is 4.93. The third kappa shape index (κ3) is 2.20. The first-order valence-corrected chi connectivity index (χ1v) is 7.22. The molecule has 2 rings (SSSR count). The topological polar surface area (TPSA) is 96.0 Å². The van der Waals surface area contributed by atoms with E-state index in [1.54, 1.807) is 6.07 Å². The van der Waals surface area contributed by atoms with Gasteiger partial charge in [0.2, 0.25) is 0 Å². The van der Waals surface area contributed by atoms with E-state index in [1.807, 2.05) is 6.92 Å². The molecule has 1 fully saturated rings. The molecular formula is C15H23N5O2. The van der Waals surface area contributed by atoms with Gasteiger partial charge in [-0.2, -0.15) is 0 Å². The van der Waals surface area contributed by atoms with Gasteiger partial charge in [-0.15, -0.1) is 10.2 Å². The van der Waals surface area contributed by atoms with E-state index in [0.29, 0.717) is 5.82 Å². The minimum Gasteiger partial charge on any atom is -0.354 e. The Hall–Kier alpha value is -2.18. The quantitative estimate of drug-likeness (QED) is 0.793. The Morgan fingerprint density at radius 3 is 2.00 bits per heavy atom. The van der Waals surface area contributed by atoms with Gasteiger partial charge in [-0.25, -0.2) is 4.79 Å². The van der Waals surface area contributed by atoms with Crippen LogP contribution in [-0.2, 0) is 0 Å². The lowest BCUT2D eigenvalue weighted by Crippen LogP contribution is -2.42. The molecule has 1 aliphatic carbocycles. The van der Waals surface area contributed by atoms with Gasteiger partial charge in [0.15, 0.2) is 11.5 Å². The third-order valence-corrected chi connectivity index (χ3v) is 5.73. The molecule has 1 aromatic heterocycles. The van der Waals surface area contributed by atoms with Crippen LogP contribution in [0.15, 0.2) is 12.1 Å². The molecule has 1 aliphatic rings. The number of aromatic nitrogens is 2. The van der Waals surface area contributed by atoms with Gasteiger partial charge in [-0.1, -0.05) is 27.7 Å². The van der Waals surface area contributed by atoms with Crippen molar-refractivity contribution in [3.63, 3.8) is 0 Å². The van der Waals surface area contributed by atoms with Crippen molar-refractivity contribution in [2.24, 2.45) is 10.8 Å². The summed E-state index contributed by atoms with van der Waals surface area (Å²) in [5, 5.41) is 15.7. The van der Waals surface area contributed by atoms with E-state index in [4.69, 9.17) is 0 Å². The van der Waals surface area contributed by atoms with E-state index < -0.39 is 0 Å². The van der Waals surface area contributed by atoms with Gasteiger partial charge in [0, 0.05) is 7.05 Å². The molecule has 7 heteroatoms. The SMILES string of the molecule is CNC(=O)c1ccc(NC(=O)NC2(C)C(C)(C)C2(C)C)nn1. The van der Waals surface area contributed by atoms with Crippen molar-refractivity contribution >= 4 is 17.8 Å². The average molecular weight is 305 g/mol. The molecule has 1 heterocycles. The molecule has 0 radical (unpaired) electrons. The van der Waals surface area contributed by atoms with Crippen LogP contribution in [0.25, 0.3) is 0 Å². The number of hydrogen-bond acceptors (Lipinski definition) is 4. The molecule has 0 atom stereocenters. The van der Waals surface area contributed by atoms with E-state index in [-0.39, 0.29) is 34.0 Å². The number of urea groups is 1. The van der Waals surface area contributed by atoms with Crippen molar-refractivity contribution in [1.29, 1.82) is 0 Å². The van der Waals surface area contributed by atoms with Gasteiger partial charge in [-0.3, -0.25) is 10.1 Å². The Bertz CT molecular complexity index is 593. The highest BCUT2D eigenvalue weighted by molar-refractivity contribution is 5.92. The summed E-state index contributed by atoms with van der Waals surface area (Å²) in [7, 11) is 1.52. The fraction of sp³-hybridized carbons (Fsp3) is 0.600. The van der Waals surface area contributed by atoms with E-state index in [0.717, 1.165) is 0 Å². The lowest BCUT2D eigenvalue weighted by molar-refractivity contribution is 0.0957. The number of carbonyl (C=O) groups excluding carboxylic acids is 2. The van der Waals surface area contributed by atoms with Gasteiger partial charge in [0.25, 0.3) is 5.91 Å². The molecule has 120 valence electrons. The first kappa shape index (κ1) is 16.2. The summed E-state index contributed by atoms with van der Waals surface area (Å²) in [6.45, 7) is 10.6. The minimum atomic E-state index is -0.330. The van der Waals surface area contributed by atoms with E-state index in [2.05, 4.69) is 53.8 Å².